The summed E-state index contributed by atoms with van der Waals surface area (Å²) >= 11 is 0. The number of pyridine rings is 1. The lowest BCUT2D eigenvalue weighted by Crippen LogP contribution is -2.49. The van der Waals surface area contributed by atoms with E-state index in [0.717, 1.165) is 17.2 Å². The van der Waals surface area contributed by atoms with Crippen LogP contribution in [0.4, 0.5) is 17.5 Å². The summed E-state index contributed by atoms with van der Waals surface area (Å²) in [7, 11) is 1.53. The maximum atomic E-state index is 12.7. The zero-order chi connectivity index (χ0) is 21.1. The molecule has 1 fully saturated rings. The topological polar surface area (TPSA) is 109 Å². The Balaban J connectivity index is 1.41. The number of piperazine rings is 1. The summed E-state index contributed by atoms with van der Waals surface area (Å²) in [6, 6.07) is 8.57. The lowest BCUT2D eigenvalue weighted by atomic mass is 10.2. The van der Waals surface area contributed by atoms with Gasteiger partial charge >= 0.3 is 0 Å². The lowest BCUT2D eigenvalue weighted by Gasteiger charge is -2.35. The third-order valence-electron chi connectivity index (χ3n) is 4.89. The van der Waals surface area contributed by atoms with Crippen LogP contribution >= 0.6 is 0 Å². The predicted molar refractivity (Wildman–Crippen MR) is 112 cm³/mol. The standard InChI is InChI=1S/C20H22N8O2/c1-14-5-6-21-16(11-14)24-17-12-18(23-13-22-17)27-7-9-28(10-8-27)20(30)15-3-4-19(29)26(2)25-15/h3-6,11-13H,7-10H2,1-2H3,(H,21,22,23,24). The minimum absolute atomic E-state index is 0.180. The number of hydrogen-bond acceptors (Lipinski definition) is 8. The first-order valence-corrected chi connectivity index (χ1v) is 9.60. The number of aryl methyl sites for hydroxylation is 2. The zero-order valence-electron chi connectivity index (χ0n) is 16.8. The van der Waals surface area contributed by atoms with Gasteiger partial charge in [0, 0.05) is 51.6 Å². The Bertz CT molecular complexity index is 1120. The van der Waals surface area contributed by atoms with Crippen LogP contribution in [0.2, 0.25) is 0 Å². The fraction of sp³-hybridized carbons (Fsp3) is 0.300. The van der Waals surface area contributed by atoms with Crippen molar-refractivity contribution in [1.82, 2.24) is 29.6 Å². The number of carbonyl (C=O) groups excluding carboxylic acids is 1. The van der Waals surface area contributed by atoms with Crippen LogP contribution in [-0.4, -0.2) is 61.7 Å². The Hall–Kier alpha value is -3.82. The summed E-state index contributed by atoms with van der Waals surface area (Å²) in [5, 5.41) is 7.24. The van der Waals surface area contributed by atoms with Crippen LogP contribution in [0.15, 0.2) is 47.7 Å². The molecule has 4 heterocycles. The molecule has 3 aromatic rings. The van der Waals surface area contributed by atoms with Crippen molar-refractivity contribution < 1.29 is 4.79 Å². The van der Waals surface area contributed by atoms with Gasteiger partial charge in [-0.2, -0.15) is 5.10 Å². The van der Waals surface area contributed by atoms with E-state index in [0.29, 0.717) is 32.0 Å². The van der Waals surface area contributed by atoms with Crippen LogP contribution in [-0.2, 0) is 7.05 Å². The van der Waals surface area contributed by atoms with Gasteiger partial charge in [-0.25, -0.2) is 19.6 Å². The molecule has 10 nitrogen and oxygen atoms in total. The predicted octanol–water partition coefficient (Wildman–Crippen LogP) is 0.980. The third-order valence-corrected chi connectivity index (χ3v) is 4.89. The maximum absolute atomic E-state index is 12.7. The van der Waals surface area contributed by atoms with Gasteiger partial charge in [0.05, 0.1) is 0 Å². The number of amides is 1. The van der Waals surface area contributed by atoms with Crippen LogP contribution in [0.3, 0.4) is 0 Å². The third kappa shape index (κ3) is 4.27. The van der Waals surface area contributed by atoms with Crippen molar-refractivity contribution in [1.29, 1.82) is 0 Å². The molecule has 1 amide bonds. The van der Waals surface area contributed by atoms with Crippen molar-refractivity contribution in [3.8, 4) is 0 Å². The van der Waals surface area contributed by atoms with Crippen molar-refractivity contribution in [2.75, 3.05) is 36.4 Å². The number of nitrogens with one attached hydrogen (secondary N) is 1. The van der Waals surface area contributed by atoms with E-state index in [-0.39, 0.29) is 17.2 Å². The summed E-state index contributed by atoms with van der Waals surface area (Å²) in [5.74, 6) is 1.99. The number of nitrogens with zero attached hydrogens (tertiary/aromatic N) is 7. The van der Waals surface area contributed by atoms with Gasteiger partial charge in [-0.1, -0.05) is 0 Å². The zero-order valence-corrected chi connectivity index (χ0v) is 16.8. The molecule has 0 aliphatic carbocycles. The Kier molecular flexibility index (Phi) is 5.38. The number of anilines is 3. The fourth-order valence-electron chi connectivity index (χ4n) is 3.24. The van der Waals surface area contributed by atoms with Crippen molar-refractivity contribution in [2.45, 2.75) is 6.92 Å². The van der Waals surface area contributed by atoms with Gasteiger partial charge in [0.2, 0.25) is 0 Å². The Labute approximate surface area is 173 Å². The van der Waals surface area contributed by atoms with E-state index in [1.165, 1.54) is 30.2 Å². The van der Waals surface area contributed by atoms with Gasteiger partial charge in [-0.3, -0.25) is 9.59 Å². The highest BCUT2D eigenvalue weighted by atomic mass is 16.2. The first kappa shape index (κ1) is 19.5. The summed E-state index contributed by atoms with van der Waals surface area (Å²) in [6.07, 6.45) is 3.26. The molecule has 0 unspecified atom stereocenters. The summed E-state index contributed by atoms with van der Waals surface area (Å²) < 4.78 is 1.17. The highest BCUT2D eigenvalue weighted by molar-refractivity contribution is 5.92. The number of carbonyl (C=O) groups is 1. The molecule has 1 N–H and O–H groups in total. The minimum atomic E-state index is -0.245. The molecule has 0 aromatic carbocycles. The number of hydrogen-bond donors (Lipinski definition) is 1. The van der Waals surface area contributed by atoms with Crippen molar-refractivity contribution in [3.05, 3.63) is 64.5 Å². The Morgan fingerprint density at radius 3 is 2.50 bits per heavy atom. The lowest BCUT2D eigenvalue weighted by molar-refractivity contribution is 0.0738. The molecule has 0 atom stereocenters. The Morgan fingerprint density at radius 1 is 1.00 bits per heavy atom. The summed E-state index contributed by atoms with van der Waals surface area (Å²) in [5.41, 5.74) is 1.13. The van der Waals surface area contributed by atoms with E-state index in [1.807, 2.05) is 25.1 Å². The molecule has 1 saturated heterocycles. The summed E-state index contributed by atoms with van der Waals surface area (Å²) in [4.78, 5) is 40.9. The van der Waals surface area contributed by atoms with Crippen LogP contribution in [0.5, 0.6) is 0 Å². The molecule has 0 saturated carbocycles. The quantitative estimate of drug-likeness (QED) is 0.683. The average Bonchev–Trinajstić information content (AvgIpc) is 2.75. The fourth-order valence-corrected chi connectivity index (χ4v) is 3.24. The molecule has 3 aromatic heterocycles. The van der Waals surface area contributed by atoms with E-state index in [4.69, 9.17) is 0 Å². The van der Waals surface area contributed by atoms with E-state index >= 15 is 0 Å². The highest BCUT2D eigenvalue weighted by Crippen LogP contribution is 2.19. The molecule has 1 aliphatic heterocycles. The molecule has 10 heteroatoms. The summed E-state index contributed by atoms with van der Waals surface area (Å²) in [6.45, 7) is 4.35. The Morgan fingerprint density at radius 2 is 1.77 bits per heavy atom. The highest BCUT2D eigenvalue weighted by Gasteiger charge is 2.24. The molecule has 30 heavy (non-hydrogen) atoms. The van der Waals surface area contributed by atoms with Crippen LogP contribution in [0.1, 0.15) is 16.1 Å². The SMILES string of the molecule is Cc1ccnc(Nc2cc(N3CCN(C(=O)c4ccc(=O)n(C)n4)CC3)ncn2)c1. The van der Waals surface area contributed by atoms with Gasteiger partial charge in [0.25, 0.3) is 11.5 Å². The van der Waals surface area contributed by atoms with Gasteiger partial charge in [-0.15, -0.1) is 0 Å². The van der Waals surface area contributed by atoms with Gasteiger partial charge in [0.15, 0.2) is 0 Å². The van der Waals surface area contributed by atoms with Crippen LogP contribution in [0, 0.1) is 6.92 Å². The second-order valence-electron chi connectivity index (χ2n) is 7.06. The average molecular weight is 406 g/mol. The normalized spacial score (nSPS) is 13.9. The second-order valence-corrected chi connectivity index (χ2v) is 7.06. The molecule has 0 radical (unpaired) electrons. The first-order chi connectivity index (χ1) is 14.5. The van der Waals surface area contributed by atoms with E-state index in [2.05, 4.69) is 30.3 Å². The van der Waals surface area contributed by atoms with Crippen LogP contribution in [0.25, 0.3) is 0 Å². The molecule has 154 valence electrons. The van der Waals surface area contributed by atoms with E-state index in [1.54, 1.807) is 11.1 Å². The van der Waals surface area contributed by atoms with Gasteiger partial charge < -0.3 is 15.1 Å². The maximum Gasteiger partial charge on any atom is 0.274 e. The number of aromatic nitrogens is 5. The molecule has 0 spiro atoms. The molecule has 0 bridgehead atoms. The largest absolute Gasteiger partial charge is 0.353 e. The van der Waals surface area contributed by atoms with Crippen molar-refractivity contribution in [2.24, 2.45) is 7.05 Å². The number of rotatable bonds is 4. The molecule has 1 aliphatic rings. The van der Waals surface area contributed by atoms with Crippen molar-refractivity contribution in [3.63, 3.8) is 0 Å². The van der Waals surface area contributed by atoms with Gasteiger partial charge in [-0.05, 0) is 30.7 Å². The molecular formula is C20H22N8O2. The monoisotopic (exact) mass is 406 g/mol. The smallest absolute Gasteiger partial charge is 0.274 e. The van der Waals surface area contributed by atoms with Gasteiger partial charge in [0.1, 0.15) is 29.5 Å². The van der Waals surface area contributed by atoms with Crippen molar-refractivity contribution >= 4 is 23.4 Å². The van der Waals surface area contributed by atoms with E-state index in [9.17, 15) is 9.59 Å². The molecular weight excluding hydrogens is 384 g/mol. The minimum Gasteiger partial charge on any atom is -0.353 e. The molecule has 4 rings (SSSR count). The first-order valence-electron chi connectivity index (χ1n) is 9.60. The van der Waals surface area contributed by atoms with Crippen LogP contribution < -0.4 is 15.8 Å². The van der Waals surface area contributed by atoms with E-state index < -0.39 is 0 Å². The second kappa shape index (κ2) is 8.27.